The third-order valence-corrected chi connectivity index (χ3v) is 2.49. The van der Waals surface area contributed by atoms with Crippen LogP contribution in [0.4, 0.5) is 4.39 Å². The molecule has 0 radical (unpaired) electrons. The van der Waals surface area contributed by atoms with E-state index >= 15 is 0 Å². The second-order valence-electron chi connectivity index (χ2n) is 3.65. The standard InChI is InChI=1S/C11H15BrFNO/c1-3-4-8(2)7-15-11-10(13)5-9(12)6-14-11/h5-6,8H,3-4,7H2,1-2H3. The van der Waals surface area contributed by atoms with Gasteiger partial charge in [0.15, 0.2) is 5.82 Å². The number of pyridine rings is 1. The van der Waals surface area contributed by atoms with Gasteiger partial charge in [-0.05, 0) is 34.3 Å². The molecule has 0 aliphatic carbocycles. The van der Waals surface area contributed by atoms with E-state index in [1.807, 2.05) is 0 Å². The van der Waals surface area contributed by atoms with Crippen LogP contribution in [0.3, 0.4) is 0 Å². The van der Waals surface area contributed by atoms with Crippen LogP contribution in [0.5, 0.6) is 5.88 Å². The largest absolute Gasteiger partial charge is 0.475 e. The highest BCUT2D eigenvalue weighted by atomic mass is 79.9. The van der Waals surface area contributed by atoms with Gasteiger partial charge in [-0.15, -0.1) is 0 Å². The van der Waals surface area contributed by atoms with Crippen molar-refractivity contribution in [3.8, 4) is 5.88 Å². The molecule has 0 fully saturated rings. The van der Waals surface area contributed by atoms with Gasteiger partial charge < -0.3 is 4.74 Å². The van der Waals surface area contributed by atoms with E-state index in [4.69, 9.17) is 4.74 Å². The molecule has 0 spiro atoms. The lowest BCUT2D eigenvalue weighted by Crippen LogP contribution is -2.09. The van der Waals surface area contributed by atoms with Crippen LogP contribution in [0.1, 0.15) is 26.7 Å². The maximum absolute atomic E-state index is 13.3. The van der Waals surface area contributed by atoms with Crippen molar-refractivity contribution in [1.82, 2.24) is 4.98 Å². The number of nitrogens with zero attached hydrogens (tertiary/aromatic N) is 1. The summed E-state index contributed by atoms with van der Waals surface area (Å²) in [6.45, 7) is 4.72. The number of ether oxygens (including phenoxy) is 1. The first-order valence-electron chi connectivity index (χ1n) is 5.07. The van der Waals surface area contributed by atoms with Crippen LogP contribution < -0.4 is 4.74 Å². The molecule has 0 N–H and O–H groups in total. The Labute approximate surface area is 98.0 Å². The van der Waals surface area contributed by atoms with Crippen molar-refractivity contribution in [2.45, 2.75) is 26.7 Å². The fourth-order valence-corrected chi connectivity index (χ4v) is 1.61. The number of hydrogen-bond donors (Lipinski definition) is 0. The van der Waals surface area contributed by atoms with Crippen LogP contribution in [0, 0.1) is 11.7 Å². The molecule has 1 aromatic rings. The topological polar surface area (TPSA) is 22.1 Å². The van der Waals surface area contributed by atoms with E-state index in [2.05, 4.69) is 34.8 Å². The molecular weight excluding hydrogens is 261 g/mol. The normalized spacial score (nSPS) is 12.5. The molecule has 0 saturated heterocycles. The van der Waals surface area contributed by atoms with Gasteiger partial charge in [-0.1, -0.05) is 20.3 Å². The van der Waals surface area contributed by atoms with Crippen LogP contribution >= 0.6 is 15.9 Å². The Morgan fingerprint density at radius 1 is 1.60 bits per heavy atom. The molecule has 0 saturated carbocycles. The second kappa shape index (κ2) is 6.05. The minimum atomic E-state index is -0.423. The number of hydrogen-bond acceptors (Lipinski definition) is 2. The van der Waals surface area contributed by atoms with Crippen molar-refractivity contribution in [3.63, 3.8) is 0 Å². The maximum Gasteiger partial charge on any atom is 0.250 e. The molecule has 1 aromatic heterocycles. The second-order valence-corrected chi connectivity index (χ2v) is 4.56. The SMILES string of the molecule is CCCC(C)COc1ncc(Br)cc1F. The van der Waals surface area contributed by atoms with Gasteiger partial charge in [0.2, 0.25) is 5.88 Å². The van der Waals surface area contributed by atoms with Crippen LogP contribution in [-0.2, 0) is 0 Å². The molecule has 84 valence electrons. The summed E-state index contributed by atoms with van der Waals surface area (Å²) in [5, 5.41) is 0. The highest BCUT2D eigenvalue weighted by Crippen LogP contribution is 2.19. The van der Waals surface area contributed by atoms with Crippen molar-refractivity contribution in [2.75, 3.05) is 6.61 Å². The van der Waals surface area contributed by atoms with Gasteiger partial charge in [0, 0.05) is 10.7 Å². The molecule has 0 amide bonds. The molecule has 1 unspecified atom stereocenters. The Hall–Kier alpha value is -0.640. The van der Waals surface area contributed by atoms with Gasteiger partial charge >= 0.3 is 0 Å². The first-order chi connectivity index (χ1) is 7.13. The summed E-state index contributed by atoms with van der Waals surface area (Å²) in [6.07, 6.45) is 3.72. The summed E-state index contributed by atoms with van der Waals surface area (Å²) in [6, 6.07) is 1.35. The molecule has 1 atom stereocenters. The van der Waals surface area contributed by atoms with Gasteiger partial charge in [0.05, 0.1) is 6.61 Å². The van der Waals surface area contributed by atoms with Crippen LogP contribution in [0.25, 0.3) is 0 Å². The average Bonchev–Trinajstić information content (AvgIpc) is 2.17. The molecule has 0 aliphatic rings. The van der Waals surface area contributed by atoms with E-state index in [1.54, 1.807) is 0 Å². The predicted octanol–water partition coefficient (Wildman–Crippen LogP) is 3.80. The Balaban J connectivity index is 2.50. The van der Waals surface area contributed by atoms with E-state index in [1.165, 1.54) is 12.3 Å². The summed E-state index contributed by atoms with van der Waals surface area (Å²) in [5.41, 5.74) is 0. The van der Waals surface area contributed by atoms with Crippen LogP contribution in [-0.4, -0.2) is 11.6 Å². The highest BCUT2D eigenvalue weighted by Gasteiger charge is 2.08. The Kier molecular flexibility index (Phi) is 5.02. The van der Waals surface area contributed by atoms with E-state index in [0.717, 1.165) is 12.8 Å². The molecule has 0 aliphatic heterocycles. The zero-order valence-corrected chi connectivity index (χ0v) is 10.6. The van der Waals surface area contributed by atoms with Crippen molar-refractivity contribution < 1.29 is 9.13 Å². The molecule has 0 bridgehead atoms. The van der Waals surface area contributed by atoms with Gasteiger partial charge in [-0.2, -0.15) is 0 Å². The smallest absolute Gasteiger partial charge is 0.250 e. The molecule has 1 rings (SSSR count). The molecule has 0 aromatic carbocycles. The molecule has 15 heavy (non-hydrogen) atoms. The molecule has 4 heteroatoms. The van der Waals surface area contributed by atoms with Gasteiger partial charge in [0.25, 0.3) is 0 Å². The first-order valence-corrected chi connectivity index (χ1v) is 5.86. The van der Waals surface area contributed by atoms with Crippen LogP contribution in [0.2, 0.25) is 0 Å². The summed E-state index contributed by atoms with van der Waals surface area (Å²) in [7, 11) is 0. The zero-order chi connectivity index (χ0) is 11.3. The highest BCUT2D eigenvalue weighted by molar-refractivity contribution is 9.10. The van der Waals surface area contributed by atoms with Crippen molar-refractivity contribution in [3.05, 3.63) is 22.6 Å². The lowest BCUT2D eigenvalue weighted by atomic mass is 10.1. The molecule has 2 nitrogen and oxygen atoms in total. The number of halogens is 2. The fourth-order valence-electron chi connectivity index (χ4n) is 1.31. The summed E-state index contributed by atoms with van der Waals surface area (Å²) in [4.78, 5) is 3.87. The Morgan fingerprint density at radius 3 is 2.93 bits per heavy atom. The minimum absolute atomic E-state index is 0.0844. The monoisotopic (exact) mass is 275 g/mol. The number of rotatable bonds is 5. The van der Waals surface area contributed by atoms with E-state index in [-0.39, 0.29) is 5.88 Å². The van der Waals surface area contributed by atoms with Crippen LogP contribution in [0.15, 0.2) is 16.7 Å². The van der Waals surface area contributed by atoms with E-state index in [9.17, 15) is 4.39 Å². The van der Waals surface area contributed by atoms with Crippen molar-refractivity contribution in [2.24, 2.45) is 5.92 Å². The molecular formula is C11H15BrFNO. The van der Waals surface area contributed by atoms with E-state index < -0.39 is 5.82 Å². The average molecular weight is 276 g/mol. The lowest BCUT2D eigenvalue weighted by Gasteiger charge is -2.11. The molecule has 1 heterocycles. The Bertz CT molecular complexity index is 319. The first kappa shape index (κ1) is 12.4. The van der Waals surface area contributed by atoms with E-state index in [0.29, 0.717) is 17.0 Å². The zero-order valence-electron chi connectivity index (χ0n) is 8.96. The lowest BCUT2D eigenvalue weighted by molar-refractivity contribution is 0.232. The van der Waals surface area contributed by atoms with Crippen molar-refractivity contribution in [1.29, 1.82) is 0 Å². The summed E-state index contributed by atoms with van der Waals surface area (Å²) in [5.74, 6) is 0.0917. The predicted molar refractivity (Wildman–Crippen MR) is 61.5 cm³/mol. The third-order valence-electron chi connectivity index (χ3n) is 2.06. The third kappa shape index (κ3) is 4.16. The quantitative estimate of drug-likeness (QED) is 0.816. The fraction of sp³-hybridized carbons (Fsp3) is 0.545. The van der Waals surface area contributed by atoms with Gasteiger partial charge in [-0.25, -0.2) is 9.37 Å². The van der Waals surface area contributed by atoms with Gasteiger partial charge in [-0.3, -0.25) is 0 Å². The van der Waals surface area contributed by atoms with Crippen molar-refractivity contribution >= 4 is 15.9 Å². The maximum atomic E-state index is 13.3. The number of aromatic nitrogens is 1. The summed E-state index contributed by atoms with van der Waals surface area (Å²) < 4.78 is 19.2. The minimum Gasteiger partial charge on any atom is -0.475 e. The van der Waals surface area contributed by atoms with Gasteiger partial charge in [0.1, 0.15) is 0 Å². The summed E-state index contributed by atoms with van der Waals surface area (Å²) >= 11 is 3.14. The Morgan fingerprint density at radius 2 is 2.33 bits per heavy atom.